The lowest BCUT2D eigenvalue weighted by molar-refractivity contribution is -0.139. The van der Waals surface area contributed by atoms with Crippen molar-refractivity contribution < 1.29 is 14.0 Å². The summed E-state index contributed by atoms with van der Waals surface area (Å²) in [5, 5.41) is 7.34. The molecule has 8 heteroatoms. The predicted molar refractivity (Wildman–Crippen MR) is 113 cm³/mol. The summed E-state index contributed by atoms with van der Waals surface area (Å²) in [6, 6.07) is 8.03. The van der Waals surface area contributed by atoms with Crippen LogP contribution in [0.2, 0.25) is 0 Å². The summed E-state index contributed by atoms with van der Waals surface area (Å²) >= 11 is 0. The lowest BCUT2D eigenvalue weighted by Gasteiger charge is -2.34. The Labute approximate surface area is 176 Å². The van der Waals surface area contributed by atoms with Gasteiger partial charge in [-0.15, -0.1) is 0 Å². The Balaban J connectivity index is 1.44. The van der Waals surface area contributed by atoms with Crippen LogP contribution in [0.25, 0.3) is 11.3 Å². The maximum Gasteiger partial charge on any atom is 0.239 e. The normalized spacial score (nSPS) is 16.1. The molecule has 2 amide bonds. The number of likely N-dealkylation sites (tertiary alicyclic amines) is 1. The number of rotatable bonds is 8. The molecule has 1 atom stereocenters. The number of benzene rings is 1. The Hall–Kier alpha value is -2.74. The molecule has 1 aromatic carbocycles. The average molecular weight is 416 g/mol. The molecule has 3 rings (SSSR count). The molecule has 1 fully saturated rings. The molecule has 7 nitrogen and oxygen atoms in total. The number of nitrogens with one attached hydrogen (secondary N) is 1. The van der Waals surface area contributed by atoms with Crippen LogP contribution >= 0.6 is 0 Å². The van der Waals surface area contributed by atoms with E-state index >= 15 is 0 Å². The first-order valence-electron chi connectivity index (χ1n) is 10.4. The van der Waals surface area contributed by atoms with Gasteiger partial charge in [0.1, 0.15) is 5.82 Å². The molecule has 0 saturated carbocycles. The third-order valence-electron chi connectivity index (χ3n) is 5.96. The molecule has 2 heterocycles. The number of H-pyrrole nitrogens is 1. The van der Waals surface area contributed by atoms with E-state index in [2.05, 4.69) is 15.1 Å². The fourth-order valence-electron chi connectivity index (χ4n) is 3.81. The number of carbonyl (C=O) groups excluding carboxylic acids is 2. The summed E-state index contributed by atoms with van der Waals surface area (Å²) in [6.07, 6.45) is 2.98. The second kappa shape index (κ2) is 9.84. The van der Waals surface area contributed by atoms with Crippen molar-refractivity contribution in [1.29, 1.82) is 0 Å². The third-order valence-corrected chi connectivity index (χ3v) is 5.96. The zero-order valence-corrected chi connectivity index (χ0v) is 17.6. The van der Waals surface area contributed by atoms with E-state index in [0.29, 0.717) is 25.9 Å². The molecule has 1 aromatic heterocycles. The van der Waals surface area contributed by atoms with Crippen molar-refractivity contribution in [2.24, 2.45) is 11.7 Å². The number of hydrogen-bond donors (Lipinski definition) is 2. The molecule has 3 N–H and O–H groups in total. The monoisotopic (exact) mass is 415 g/mol. The van der Waals surface area contributed by atoms with Gasteiger partial charge in [-0.25, -0.2) is 4.39 Å². The first kappa shape index (κ1) is 22.0. The van der Waals surface area contributed by atoms with Gasteiger partial charge >= 0.3 is 0 Å². The van der Waals surface area contributed by atoms with Gasteiger partial charge in [-0.05, 0) is 76.5 Å². The van der Waals surface area contributed by atoms with Crippen LogP contribution in [0.15, 0.2) is 30.3 Å². The van der Waals surface area contributed by atoms with Crippen molar-refractivity contribution in [3.63, 3.8) is 0 Å². The van der Waals surface area contributed by atoms with Crippen LogP contribution in [0.4, 0.5) is 4.39 Å². The number of likely N-dealkylation sites (N-methyl/N-ethyl adjacent to an activating group) is 1. The molecule has 30 heavy (non-hydrogen) atoms. The Morgan fingerprint density at radius 2 is 1.97 bits per heavy atom. The molecule has 1 aliphatic heterocycles. The Morgan fingerprint density at radius 3 is 2.60 bits per heavy atom. The summed E-state index contributed by atoms with van der Waals surface area (Å²) in [5.74, 6) is -0.552. The molecule has 0 spiro atoms. The minimum atomic E-state index is -0.270. The third kappa shape index (κ3) is 5.44. The quantitative estimate of drug-likeness (QED) is 0.691. The summed E-state index contributed by atoms with van der Waals surface area (Å²) in [6.45, 7) is 3.87. The van der Waals surface area contributed by atoms with E-state index in [1.165, 1.54) is 12.1 Å². The van der Waals surface area contributed by atoms with E-state index in [4.69, 9.17) is 5.73 Å². The maximum absolute atomic E-state index is 13.1. The molecule has 2 aromatic rings. The van der Waals surface area contributed by atoms with Crippen LogP contribution in [0.3, 0.4) is 0 Å². The van der Waals surface area contributed by atoms with Crippen molar-refractivity contribution in [1.82, 2.24) is 20.0 Å². The maximum atomic E-state index is 13.1. The number of amides is 2. The van der Waals surface area contributed by atoms with E-state index in [1.54, 1.807) is 12.1 Å². The van der Waals surface area contributed by atoms with Gasteiger partial charge in [0, 0.05) is 30.3 Å². The van der Waals surface area contributed by atoms with Crippen molar-refractivity contribution >= 4 is 11.8 Å². The molecular weight excluding hydrogens is 385 g/mol. The number of aromatic nitrogens is 2. The summed E-state index contributed by atoms with van der Waals surface area (Å²) in [4.78, 5) is 27.9. The van der Waals surface area contributed by atoms with E-state index in [9.17, 15) is 14.0 Å². The van der Waals surface area contributed by atoms with Gasteiger partial charge in [0.2, 0.25) is 11.8 Å². The number of primary amides is 1. The lowest BCUT2D eigenvalue weighted by atomic mass is 9.96. The first-order valence-corrected chi connectivity index (χ1v) is 10.4. The molecule has 0 aliphatic carbocycles. The van der Waals surface area contributed by atoms with Crippen molar-refractivity contribution in [3.8, 4) is 11.3 Å². The number of nitrogens with zero attached hydrogens (tertiary/aromatic N) is 3. The number of aryl methyl sites for hydroxylation is 1. The summed E-state index contributed by atoms with van der Waals surface area (Å²) in [7, 11) is 1.95. The van der Waals surface area contributed by atoms with Crippen LogP contribution in [-0.2, 0) is 16.0 Å². The van der Waals surface area contributed by atoms with Gasteiger partial charge in [0.25, 0.3) is 0 Å². The van der Waals surface area contributed by atoms with Gasteiger partial charge in [-0.1, -0.05) is 0 Å². The molecule has 0 radical (unpaired) electrons. The van der Waals surface area contributed by atoms with E-state index < -0.39 is 0 Å². The van der Waals surface area contributed by atoms with Crippen molar-refractivity contribution in [2.45, 2.75) is 38.6 Å². The van der Waals surface area contributed by atoms with Crippen LogP contribution < -0.4 is 5.73 Å². The largest absolute Gasteiger partial charge is 0.369 e. The molecular formula is C22H30FN5O2. The fraction of sp³-hybridized carbons (Fsp3) is 0.500. The minimum Gasteiger partial charge on any atom is -0.369 e. The summed E-state index contributed by atoms with van der Waals surface area (Å²) < 4.78 is 13.1. The minimum absolute atomic E-state index is 0.0977. The van der Waals surface area contributed by atoms with Gasteiger partial charge < -0.3 is 10.6 Å². The number of aromatic amines is 1. The Bertz CT molecular complexity index is 859. The van der Waals surface area contributed by atoms with Crippen LogP contribution in [-0.4, -0.2) is 64.5 Å². The van der Waals surface area contributed by atoms with Gasteiger partial charge in [0.05, 0.1) is 11.7 Å². The van der Waals surface area contributed by atoms with Crippen LogP contribution in [0.1, 0.15) is 31.9 Å². The average Bonchev–Trinajstić information content (AvgIpc) is 3.22. The van der Waals surface area contributed by atoms with Crippen molar-refractivity contribution in [3.05, 3.63) is 41.8 Å². The zero-order chi connectivity index (χ0) is 21.7. The van der Waals surface area contributed by atoms with E-state index in [0.717, 1.165) is 36.3 Å². The highest BCUT2D eigenvalue weighted by molar-refractivity contribution is 5.82. The second-order valence-corrected chi connectivity index (χ2v) is 8.05. The lowest BCUT2D eigenvalue weighted by Crippen LogP contribution is -2.49. The number of halogens is 1. The molecule has 1 aliphatic rings. The SMILES string of the molecule is CC(C(=O)N1CCC(C(N)=O)CC1)N(C)CCCc1cc(-c2ccc(F)cc2)n[nH]1. The molecule has 1 unspecified atom stereocenters. The number of piperidine rings is 1. The smallest absolute Gasteiger partial charge is 0.239 e. The fourth-order valence-corrected chi connectivity index (χ4v) is 3.81. The van der Waals surface area contributed by atoms with Gasteiger partial charge in [-0.3, -0.25) is 19.6 Å². The van der Waals surface area contributed by atoms with Gasteiger partial charge in [-0.2, -0.15) is 5.10 Å². The highest BCUT2D eigenvalue weighted by Crippen LogP contribution is 2.20. The Kier molecular flexibility index (Phi) is 7.20. The van der Waals surface area contributed by atoms with Crippen LogP contribution in [0, 0.1) is 11.7 Å². The Morgan fingerprint density at radius 1 is 1.30 bits per heavy atom. The van der Waals surface area contributed by atoms with E-state index in [1.807, 2.05) is 24.9 Å². The predicted octanol–water partition coefficient (Wildman–Crippen LogP) is 2.19. The van der Waals surface area contributed by atoms with Crippen LogP contribution in [0.5, 0.6) is 0 Å². The summed E-state index contributed by atoms with van der Waals surface area (Å²) in [5.41, 5.74) is 8.04. The molecule has 0 bridgehead atoms. The highest BCUT2D eigenvalue weighted by Gasteiger charge is 2.29. The standard InChI is InChI=1S/C22H30FN5O2/c1-15(22(30)28-12-9-17(10-13-28)21(24)29)27(2)11-3-4-19-14-20(26-25-19)16-5-7-18(23)8-6-16/h5-8,14-15,17H,3-4,9-13H2,1-2H3,(H2,24,29)(H,25,26). The zero-order valence-electron chi connectivity index (χ0n) is 17.6. The van der Waals surface area contributed by atoms with E-state index in [-0.39, 0.29) is 29.6 Å². The first-order chi connectivity index (χ1) is 14.3. The molecule has 1 saturated heterocycles. The number of nitrogens with two attached hydrogens (primary N) is 1. The number of hydrogen-bond acceptors (Lipinski definition) is 4. The van der Waals surface area contributed by atoms with Crippen molar-refractivity contribution in [2.75, 3.05) is 26.7 Å². The number of carbonyl (C=O) groups is 2. The molecule has 162 valence electrons. The second-order valence-electron chi connectivity index (χ2n) is 8.05. The highest BCUT2D eigenvalue weighted by atomic mass is 19.1. The topological polar surface area (TPSA) is 95.3 Å². The van der Waals surface area contributed by atoms with Gasteiger partial charge in [0.15, 0.2) is 0 Å².